The standard InChI is InChI=1S/C17H18N4O2/c22-16(14-5-2-1-3-6-14)20-9-11-21(12-10-20)17(23)19-15-7-4-8-18-13-15/h1-8,13H,9-12H2,(H,19,23). The first-order valence-corrected chi connectivity index (χ1v) is 7.54. The summed E-state index contributed by atoms with van der Waals surface area (Å²) in [5.41, 5.74) is 1.35. The first-order chi connectivity index (χ1) is 11.2. The lowest BCUT2D eigenvalue weighted by molar-refractivity contribution is 0.0671. The first-order valence-electron chi connectivity index (χ1n) is 7.54. The summed E-state index contributed by atoms with van der Waals surface area (Å²) in [7, 11) is 0. The van der Waals surface area contributed by atoms with Crippen LogP contribution in [0.2, 0.25) is 0 Å². The van der Waals surface area contributed by atoms with Gasteiger partial charge < -0.3 is 15.1 Å². The third-order valence-electron chi connectivity index (χ3n) is 3.79. The van der Waals surface area contributed by atoms with Crippen LogP contribution in [-0.2, 0) is 0 Å². The minimum Gasteiger partial charge on any atom is -0.335 e. The molecule has 0 spiro atoms. The minimum absolute atomic E-state index is 0.0120. The number of piperazine rings is 1. The summed E-state index contributed by atoms with van der Waals surface area (Å²) < 4.78 is 0. The highest BCUT2D eigenvalue weighted by atomic mass is 16.2. The molecule has 1 saturated heterocycles. The van der Waals surface area contributed by atoms with Crippen LogP contribution in [0.1, 0.15) is 10.4 Å². The normalized spacial score (nSPS) is 14.4. The molecule has 0 atom stereocenters. The van der Waals surface area contributed by atoms with Gasteiger partial charge in [-0.25, -0.2) is 4.79 Å². The Morgan fingerprint density at radius 1 is 0.913 bits per heavy atom. The van der Waals surface area contributed by atoms with E-state index in [9.17, 15) is 9.59 Å². The first kappa shape index (κ1) is 15.0. The van der Waals surface area contributed by atoms with Gasteiger partial charge in [0.05, 0.1) is 11.9 Å². The van der Waals surface area contributed by atoms with Crippen LogP contribution in [0.3, 0.4) is 0 Å². The largest absolute Gasteiger partial charge is 0.335 e. The fourth-order valence-electron chi connectivity index (χ4n) is 2.52. The molecule has 2 heterocycles. The van der Waals surface area contributed by atoms with Crippen molar-refractivity contribution >= 4 is 17.6 Å². The SMILES string of the molecule is O=C(Nc1cccnc1)N1CCN(C(=O)c2ccccc2)CC1. The molecule has 0 bridgehead atoms. The van der Waals surface area contributed by atoms with Crippen LogP contribution in [-0.4, -0.2) is 52.9 Å². The number of urea groups is 1. The third-order valence-corrected chi connectivity index (χ3v) is 3.79. The van der Waals surface area contributed by atoms with Crippen molar-refractivity contribution in [2.75, 3.05) is 31.5 Å². The maximum absolute atomic E-state index is 12.4. The van der Waals surface area contributed by atoms with Gasteiger partial charge >= 0.3 is 6.03 Å². The van der Waals surface area contributed by atoms with E-state index in [2.05, 4.69) is 10.3 Å². The molecule has 1 aromatic heterocycles. The van der Waals surface area contributed by atoms with E-state index in [0.717, 1.165) is 0 Å². The van der Waals surface area contributed by atoms with Crippen LogP contribution in [0, 0.1) is 0 Å². The zero-order valence-corrected chi connectivity index (χ0v) is 12.7. The van der Waals surface area contributed by atoms with Crippen molar-refractivity contribution < 1.29 is 9.59 Å². The van der Waals surface area contributed by atoms with Crippen molar-refractivity contribution in [3.63, 3.8) is 0 Å². The predicted molar refractivity (Wildman–Crippen MR) is 87.2 cm³/mol. The highest BCUT2D eigenvalue weighted by Crippen LogP contribution is 2.10. The molecule has 3 rings (SSSR count). The number of anilines is 1. The molecule has 0 saturated carbocycles. The van der Waals surface area contributed by atoms with Gasteiger partial charge in [0, 0.05) is 37.9 Å². The lowest BCUT2D eigenvalue weighted by atomic mass is 10.2. The molecule has 1 aliphatic rings. The molecule has 0 radical (unpaired) electrons. The fraction of sp³-hybridized carbons (Fsp3) is 0.235. The van der Waals surface area contributed by atoms with Gasteiger partial charge in [0.2, 0.25) is 0 Å². The number of carbonyl (C=O) groups is 2. The molecule has 1 fully saturated rings. The molecule has 6 heteroatoms. The van der Waals surface area contributed by atoms with E-state index in [4.69, 9.17) is 0 Å². The van der Waals surface area contributed by atoms with Gasteiger partial charge in [-0.1, -0.05) is 18.2 Å². The van der Waals surface area contributed by atoms with Crippen LogP contribution in [0.15, 0.2) is 54.9 Å². The van der Waals surface area contributed by atoms with E-state index in [0.29, 0.717) is 37.4 Å². The van der Waals surface area contributed by atoms with Gasteiger partial charge in [-0.05, 0) is 24.3 Å². The predicted octanol–water partition coefficient (Wildman–Crippen LogP) is 2.07. The van der Waals surface area contributed by atoms with E-state index in [-0.39, 0.29) is 11.9 Å². The highest BCUT2D eigenvalue weighted by Gasteiger charge is 2.24. The summed E-state index contributed by atoms with van der Waals surface area (Å²) in [4.78, 5) is 32.0. The fourth-order valence-corrected chi connectivity index (χ4v) is 2.52. The summed E-state index contributed by atoms with van der Waals surface area (Å²) >= 11 is 0. The minimum atomic E-state index is -0.162. The summed E-state index contributed by atoms with van der Waals surface area (Å²) in [6, 6.07) is 12.6. The molecule has 0 aliphatic carbocycles. The zero-order valence-electron chi connectivity index (χ0n) is 12.7. The monoisotopic (exact) mass is 310 g/mol. The maximum atomic E-state index is 12.4. The van der Waals surface area contributed by atoms with Crippen LogP contribution >= 0.6 is 0 Å². The van der Waals surface area contributed by atoms with E-state index >= 15 is 0 Å². The summed E-state index contributed by atoms with van der Waals surface area (Å²) in [5.74, 6) is 0.0120. The Morgan fingerprint density at radius 2 is 1.61 bits per heavy atom. The number of hydrogen-bond acceptors (Lipinski definition) is 3. The Balaban J connectivity index is 1.54. The van der Waals surface area contributed by atoms with E-state index < -0.39 is 0 Å². The van der Waals surface area contributed by atoms with E-state index in [1.165, 1.54) is 0 Å². The molecule has 1 aromatic carbocycles. The molecule has 0 unspecified atom stereocenters. The molecule has 2 aromatic rings. The quantitative estimate of drug-likeness (QED) is 0.923. The Bertz CT molecular complexity index is 668. The summed E-state index contributed by atoms with van der Waals surface area (Å²) in [6.07, 6.45) is 3.26. The number of pyridine rings is 1. The summed E-state index contributed by atoms with van der Waals surface area (Å²) in [5, 5.41) is 2.81. The Morgan fingerprint density at radius 3 is 2.26 bits per heavy atom. The molecule has 23 heavy (non-hydrogen) atoms. The van der Waals surface area contributed by atoms with Crippen molar-refractivity contribution in [3.05, 3.63) is 60.4 Å². The van der Waals surface area contributed by atoms with Crippen LogP contribution in [0.5, 0.6) is 0 Å². The Hall–Kier alpha value is -2.89. The van der Waals surface area contributed by atoms with E-state index in [1.807, 2.05) is 30.3 Å². The zero-order chi connectivity index (χ0) is 16.1. The number of nitrogens with one attached hydrogen (secondary N) is 1. The van der Waals surface area contributed by atoms with Crippen molar-refractivity contribution in [3.8, 4) is 0 Å². The second-order valence-electron chi connectivity index (χ2n) is 5.32. The number of nitrogens with zero attached hydrogens (tertiary/aromatic N) is 3. The van der Waals surface area contributed by atoms with Crippen molar-refractivity contribution in [1.82, 2.24) is 14.8 Å². The number of hydrogen-bond donors (Lipinski definition) is 1. The second-order valence-corrected chi connectivity index (χ2v) is 5.32. The highest BCUT2D eigenvalue weighted by molar-refractivity contribution is 5.94. The van der Waals surface area contributed by atoms with Gasteiger partial charge in [-0.15, -0.1) is 0 Å². The smallest absolute Gasteiger partial charge is 0.322 e. The van der Waals surface area contributed by atoms with Crippen molar-refractivity contribution in [2.45, 2.75) is 0 Å². The number of rotatable bonds is 2. The lowest BCUT2D eigenvalue weighted by Gasteiger charge is -2.34. The van der Waals surface area contributed by atoms with Crippen LogP contribution in [0.25, 0.3) is 0 Å². The van der Waals surface area contributed by atoms with E-state index in [1.54, 1.807) is 34.3 Å². The van der Waals surface area contributed by atoms with Crippen molar-refractivity contribution in [2.24, 2.45) is 0 Å². The van der Waals surface area contributed by atoms with Crippen LogP contribution in [0.4, 0.5) is 10.5 Å². The number of carbonyl (C=O) groups excluding carboxylic acids is 2. The molecule has 118 valence electrons. The average Bonchev–Trinajstić information content (AvgIpc) is 2.63. The Kier molecular flexibility index (Phi) is 4.52. The second kappa shape index (κ2) is 6.91. The van der Waals surface area contributed by atoms with Gasteiger partial charge in [-0.3, -0.25) is 9.78 Å². The average molecular weight is 310 g/mol. The molecule has 1 N–H and O–H groups in total. The lowest BCUT2D eigenvalue weighted by Crippen LogP contribution is -2.51. The Labute approximate surface area is 134 Å². The van der Waals surface area contributed by atoms with Gasteiger partial charge in [-0.2, -0.15) is 0 Å². The maximum Gasteiger partial charge on any atom is 0.322 e. The number of amides is 3. The van der Waals surface area contributed by atoms with Crippen LogP contribution < -0.4 is 5.32 Å². The molecule has 3 amide bonds. The third kappa shape index (κ3) is 3.66. The molecule has 6 nitrogen and oxygen atoms in total. The topological polar surface area (TPSA) is 65.5 Å². The molecular weight excluding hydrogens is 292 g/mol. The number of benzene rings is 1. The van der Waals surface area contributed by atoms with Gasteiger partial charge in [0.25, 0.3) is 5.91 Å². The summed E-state index contributed by atoms with van der Waals surface area (Å²) in [6.45, 7) is 2.11. The molecular formula is C17H18N4O2. The van der Waals surface area contributed by atoms with Gasteiger partial charge in [0.15, 0.2) is 0 Å². The number of aromatic nitrogens is 1. The van der Waals surface area contributed by atoms with Crippen molar-refractivity contribution in [1.29, 1.82) is 0 Å². The molecule has 1 aliphatic heterocycles. The van der Waals surface area contributed by atoms with Gasteiger partial charge in [0.1, 0.15) is 0 Å².